The summed E-state index contributed by atoms with van der Waals surface area (Å²) >= 11 is 8.65. The minimum absolute atomic E-state index is 0.0937. The highest BCUT2D eigenvalue weighted by molar-refractivity contribution is 9.11. The molecule has 0 aromatic heterocycles. The van der Waals surface area contributed by atoms with Gasteiger partial charge in [0, 0.05) is 4.47 Å². The average molecular weight is 419 g/mol. The molecule has 0 fully saturated rings. The van der Waals surface area contributed by atoms with E-state index in [2.05, 4.69) is 47.8 Å². The molecule has 0 radical (unpaired) electrons. The molecule has 0 atom stereocenters. The Morgan fingerprint density at radius 2 is 1.12 bits per heavy atom. The van der Waals surface area contributed by atoms with E-state index < -0.39 is 17.7 Å². The Balaban J connectivity index is 3.80. The van der Waals surface area contributed by atoms with E-state index in [4.69, 9.17) is 10.2 Å². The molecule has 0 aliphatic carbocycles. The Bertz CT molecular complexity index is 456. The third kappa shape index (κ3) is 2.09. The molecule has 1 rings (SSSR count). The van der Waals surface area contributed by atoms with Crippen LogP contribution in [0.15, 0.2) is 13.4 Å². The van der Waals surface area contributed by atoms with Crippen LogP contribution in [-0.4, -0.2) is 27.3 Å². The summed E-state index contributed by atoms with van der Waals surface area (Å²) in [6.07, 6.45) is 0. The fourth-order valence-electron chi connectivity index (χ4n) is 1.03. The summed E-state index contributed by atoms with van der Waals surface area (Å²) in [6.45, 7) is 0. The summed E-state index contributed by atoms with van der Waals surface area (Å²) in [7, 11) is 0. The fraction of sp³-hybridized carbons (Fsp3) is 0. The van der Waals surface area contributed by atoms with Gasteiger partial charge >= 0.3 is 11.9 Å². The van der Waals surface area contributed by atoms with Gasteiger partial charge in [0.15, 0.2) is 0 Å². The van der Waals surface area contributed by atoms with E-state index >= 15 is 0 Å². The van der Waals surface area contributed by atoms with Crippen molar-refractivity contribution in [3.8, 4) is 5.75 Å². The lowest BCUT2D eigenvalue weighted by molar-refractivity contribution is 0.0693. The van der Waals surface area contributed by atoms with Gasteiger partial charge in [0.2, 0.25) is 0 Å². The van der Waals surface area contributed by atoms with Gasteiger partial charge < -0.3 is 15.3 Å². The molecular weight excluding hydrogens is 416 g/mol. The van der Waals surface area contributed by atoms with Crippen molar-refractivity contribution >= 4 is 59.7 Å². The largest absolute Gasteiger partial charge is 0.506 e. The summed E-state index contributed by atoms with van der Waals surface area (Å²) < 4.78 is -0.309. The van der Waals surface area contributed by atoms with Crippen LogP contribution in [0.25, 0.3) is 0 Å². The minimum Gasteiger partial charge on any atom is -0.506 e. The molecule has 0 heterocycles. The highest BCUT2D eigenvalue weighted by Gasteiger charge is 2.27. The Morgan fingerprint density at radius 3 is 1.38 bits per heavy atom. The number of hydrogen-bond acceptors (Lipinski definition) is 3. The summed E-state index contributed by atoms with van der Waals surface area (Å²) in [5.74, 6) is -3.19. The van der Waals surface area contributed by atoms with Gasteiger partial charge in [0.05, 0.1) is 20.1 Å². The van der Waals surface area contributed by atoms with Crippen molar-refractivity contribution in [1.82, 2.24) is 0 Å². The maximum atomic E-state index is 10.9. The van der Waals surface area contributed by atoms with E-state index in [1.54, 1.807) is 0 Å². The van der Waals surface area contributed by atoms with Crippen molar-refractivity contribution in [3.05, 3.63) is 24.5 Å². The summed E-state index contributed by atoms with van der Waals surface area (Å²) in [5, 5.41) is 27.3. The first-order valence-electron chi connectivity index (χ1n) is 3.65. The molecule has 3 N–H and O–H groups in total. The highest BCUT2D eigenvalue weighted by Crippen LogP contribution is 2.42. The van der Waals surface area contributed by atoms with Crippen LogP contribution in [0.3, 0.4) is 0 Å². The van der Waals surface area contributed by atoms with Crippen molar-refractivity contribution in [3.63, 3.8) is 0 Å². The SMILES string of the molecule is O=C(O)c1c(Br)c(O)c(Br)c(C(=O)O)c1Br. The molecule has 0 saturated heterocycles. The first kappa shape index (κ1) is 13.5. The van der Waals surface area contributed by atoms with Gasteiger partial charge in [-0.3, -0.25) is 0 Å². The lowest BCUT2D eigenvalue weighted by Gasteiger charge is -2.10. The summed E-state index contributed by atoms with van der Waals surface area (Å²) in [4.78, 5) is 21.8. The smallest absolute Gasteiger partial charge is 0.338 e. The van der Waals surface area contributed by atoms with Gasteiger partial charge in [-0.15, -0.1) is 0 Å². The molecule has 86 valence electrons. The Hall–Kier alpha value is -0.600. The van der Waals surface area contributed by atoms with E-state index in [0.29, 0.717) is 0 Å². The molecule has 16 heavy (non-hydrogen) atoms. The topological polar surface area (TPSA) is 94.8 Å². The zero-order valence-electron chi connectivity index (χ0n) is 7.29. The molecule has 1 aromatic rings. The monoisotopic (exact) mass is 416 g/mol. The maximum Gasteiger partial charge on any atom is 0.338 e. The number of rotatable bonds is 2. The third-order valence-corrected chi connectivity index (χ3v) is 4.06. The first-order chi connectivity index (χ1) is 7.29. The maximum absolute atomic E-state index is 10.9. The number of carboxylic acid groups (broad SMARTS) is 2. The van der Waals surface area contributed by atoms with Crippen LogP contribution in [0.2, 0.25) is 0 Å². The van der Waals surface area contributed by atoms with Gasteiger partial charge in [0.25, 0.3) is 0 Å². The number of phenolic OH excluding ortho intramolecular Hbond substituents is 1. The quantitative estimate of drug-likeness (QED) is 0.686. The molecule has 0 spiro atoms. The first-order valence-corrected chi connectivity index (χ1v) is 6.03. The third-order valence-electron chi connectivity index (χ3n) is 1.72. The van der Waals surface area contributed by atoms with Gasteiger partial charge in [-0.2, -0.15) is 0 Å². The Kier molecular flexibility index (Phi) is 3.97. The molecule has 0 aliphatic heterocycles. The molecule has 8 heteroatoms. The fourth-order valence-corrected chi connectivity index (χ4v) is 3.69. The molecule has 0 bridgehead atoms. The number of carboxylic acids is 2. The van der Waals surface area contributed by atoms with Crippen LogP contribution in [0.1, 0.15) is 20.7 Å². The second-order valence-electron chi connectivity index (χ2n) is 2.65. The van der Waals surface area contributed by atoms with E-state index in [9.17, 15) is 14.7 Å². The number of aromatic hydroxyl groups is 1. The molecule has 0 unspecified atom stereocenters. The number of halogens is 3. The number of phenols is 1. The predicted octanol–water partition coefficient (Wildman–Crippen LogP) is 3.08. The molecule has 1 aromatic carbocycles. The van der Waals surface area contributed by atoms with Crippen molar-refractivity contribution in [2.45, 2.75) is 0 Å². The minimum atomic E-state index is -1.36. The lowest BCUT2D eigenvalue weighted by Crippen LogP contribution is -2.07. The van der Waals surface area contributed by atoms with E-state index in [-0.39, 0.29) is 24.5 Å². The average Bonchev–Trinajstić information content (AvgIpc) is 2.13. The van der Waals surface area contributed by atoms with Crippen LogP contribution < -0.4 is 0 Å². The predicted molar refractivity (Wildman–Crippen MR) is 65.1 cm³/mol. The number of hydrogen-bond donors (Lipinski definition) is 3. The van der Waals surface area contributed by atoms with Crippen LogP contribution in [-0.2, 0) is 0 Å². The van der Waals surface area contributed by atoms with Gasteiger partial charge in [-0.1, -0.05) is 0 Å². The van der Waals surface area contributed by atoms with Crippen LogP contribution >= 0.6 is 47.8 Å². The molecule has 5 nitrogen and oxygen atoms in total. The van der Waals surface area contributed by atoms with Gasteiger partial charge in [0.1, 0.15) is 5.75 Å². The molecular formula is C8H3Br3O5. The van der Waals surface area contributed by atoms with E-state index in [0.717, 1.165) is 0 Å². The van der Waals surface area contributed by atoms with Gasteiger partial charge in [-0.05, 0) is 47.8 Å². The van der Waals surface area contributed by atoms with Gasteiger partial charge in [-0.25, -0.2) is 9.59 Å². The standard InChI is InChI=1S/C8H3Br3O5/c9-3-1(7(13)14)4(10)6(12)5(11)2(3)8(15)16/h12H,(H,13,14)(H,15,16). The Labute approximate surface area is 114 Å². The van der Waals surface area contributed by atoms with E-state index in [1.807, 2.05) is 0 Å². The number of carbonyl (C=O) groups is 2. The molecule has 0 aliphatic rings. The normalized spacial score (nSPS) is 10.2. The number of aromatic carboxylic acids is 2. The van der Waals surface area contributed by atoms with E-state index in [1.165, 1.54) is 0 Å². The zero-order chi connectivity index (χ0) is 12.6. The zero-order valence-corrected chi connectivity index (χ0v) is 12.1. The number of benzene rings is 1. The van der Waals surface area contributed by atoms with Crippen LogP contribution in [0.5, 0.6) is 5.75 Å². The Morgan fingerprint density at radius 1 is 0.812 bits per heavy atom. The lowest BCUT2D eigenvalue weighted by atomic mass is 10.1. The summed E-state index contributed by atoms with van der Waals surface area (Å²) in [5.41, 5.74) is -0.698. The van der Waals surface area contributed by atoms with Crippen molar-refractivity contribution in [1.29, 1.82) is 0 Å². The highest BCUT2D eigenvalue weighted by atomic mass is 79.9. The van der Waals surface area contributed by atoms with Crippen molar-refractivity contribution < 1.29 is 24.9 Å². The van der Waals surface area contributed by atoms with Crippen LogP contribution in [0, 0.1) is 0 Å². The molecule has 0 amide bonds. The van der Waals surface area contributed by atoms with Crippen molar-refractivity contribution in [2.24, 2.45) is 0 Å². The second-order valence-corrected chi connectivity index (χ2v) is 5.03. The summed E-state index contributed by atoms with van der Waals surface area (Å²) in [6, 6.07) is 0. The second kappa shape index (κ2) is 4.72. The van der Waals surface area contributed by atoms with Crippen LogP contribution in [0.4, 0.5) is 0 Å². The van der Waals surface area contributed by atoms with Crippen molar-refractivity contribution in [2.75, 3.05) is 0 Å². The molecule has 0 saturated carbocycles.